The maximum absolute atomic E-state index is 12.9. The molecule has 0 aromatic carbocycles. The summed E-state index contributed by atoms with van der Waals surface area (Å²) in [6.07, 6.45) is 3.17. The molecule has 0 aliphatic carbocycles. The molecule has 3 aliphatic heterocycles. The highest BCUT2D eigenvalue weighted by Crippen LogP contribution is 2.31. The first kappa shape index (κ1) is 23.2. The van der Waals surface area contributed by atoms with E-state index in [0.29, 0.717) is 41.7 Å². The Labute approximate surface area is 196 Å². The van der Waals surface area contributed by atoms with Gasteiger partial charge in [-0.25, -0.2) is 8.42 Å². The summed E-state index contributed by atoms with van der Waals surface area (Å²) in [6.45, 7) is 2.88. The van der Waals surface area contributed by atoms with Gasteiger partial charge >= 0.3 is 0 Å². The van der Waals surface area contributed by atoms with Gasteiger partial charge in [-0.05, 0) is 37.5 Å². The smallest absolute Gasteiger partial charge is 0.242 e. The molecule has 12 heteroatoms. The van der Waals surface area contributed by atoms with Crippen LogP contribution in [0.1, 0.15) is 31.1 Å². The van der Waals surface area contributed by atoms with E-state index >= 15 is 0 Å². The second kappa shape index (κ2) is 9.12. The molecule has 1 aromatic heterocycles. The Morgan fingerprint density at radius 3 is 2.59 bits per heavy atom. The van der Waals surface area contributed by atoms with Crippen molar-refractivity contribution in [2.75, 3.05) is 26.2 Å². The third kappa shape index (κ3) is 5.00. The summed E-state index contributed by atoms with van der Waals surface area (Å²) in [4.78, 5) is 43.0. The molecule has 174 valence electrons. The van der Waals surface area contributed by atoms with Crippen LogP contribution in [0.25, 0.3) is 6.08 Å². The van der Waals surface area contributed by atoms with Crippen molar-refractivity contribution in [3.05, 3.63) is 26.8 Å². The second-order valence-corrected chi connectivity index (χ2v) is 11.7. The molecule has 4 heterocycles. The van der Waals surface area contributed by atoms with Crippen molar-refractivity contribution in [2.45, 2.75) is 44.3 Å². The van der Waals surface area contributed by atoms with Gasteiger partial charge in [0.1, 0.15) is 6.04 Å². The van der Waals surface area contributed by atoms with E-state index in [-0.39, 0.29) is 30.4 Å². The number of rotatable bonds is 6. The number of piperazine rings is 1. The quantitative estimate of drug-likeness (QED) is 0.629. The van der Waals surface area contributed by atoms with Gasteiger partial charge in [0.15, 0.2) is 0 Å². The predicted molar refractivity (Wildman–Crippen MR) is 121 cm³/mol. The van der Waals surface area contributed by atoms with Gasteiger partial charge in [-0.15, -0.1) is 11.3 Å². The number of carbonyl (C=O) groups excluding carboxylic acids is 3. The van der Waals surface area contributed by atoms with Crippen LogP contribution >= 0.6 is 22.9 Å². The Morgan fingerprint density at radius 2 is 1.97 bits per heavy atom. The number of hydrogen-bond donors (Lipinski definition) is 1. The minimum Gasteiger partial charge on any atom is -0.336 e. The summed E-state index contributed by atoms with van der Waals surface area (Å²) in [5.41, 5.74) is 0. The topological polar surface area (TPSA) is 107 Å². The van der Waals surface area contributed by atoms with Gasteiger partial charge in [0.2, 0.25) is 27.7 Å². The highest BCUT2D eigenvalue weighted by molar-refractivity contribution is 7.92. The number of hydrogen-bond acceptors (Lipinski definition) is 6. The Morgan fingerprint density at radius 1 is 1.25 bits per heavy atom. The molecule has 2 bridgehead atoms. The number of amides is 3. The van der Waals surface area contributed by atoms with E-state index < -0.39 is 22.0 Å². The van der Waals surface area contributed by atoms with Crippen molar-refractivity contribution in [1.29, 1.82) is 0 Å². The van der Waals surface area contributed by atoms with Crippen molar-refractivity contribution >= 4 is 56.8 Å². The monoisotopic (exact) mass is 500 g/mol. The summed E-state index contributed by atoms with van der Waals surface area (Å²) in [5.74, 6) is -0.537. The van der Waals surface area contributed by atoms with Crippen LogP contribution < -0.4 is 4.72 Å². The summed E-state index contributed by atoms with van der Waals surface area (Å²) in [6, 6.07) is 2.51. The van der Waals surface area contributed by atoms with Crippen LogP contribution in [0, 0.1) is 0 Å². The van der Waals surface area contributed by atoms with Crippen LogP contribution in [0.3, 0.4) is 0 Å². The van der Waals surface area contributed by atoms with Crippen LogP contribution in [0.5, 0.6) is 0 Å². The number of sulfonamides is 1. The number of carbonyl (C=O) groups is 3. The number of fused-ring (bicyclic) bond motifs is 2. The highest BCUT2D eigenvalue weighted by atomic mass is 35.5. The zero-order valence-corrected chi connectivity index (χ0v) is 20.0. The molecule has 3 aliphatic rings. The normalized spacial score (nSPS) is 25.9. The zero-order chi connectivity index (χ0) is 23.0. The van der Waals surface area contributed by atoms with Gasteiger partial charge in [-0.2, -0.15) is 4.72 Å². The predicted octanol–water partition coefficient (Wildman–Crippen LogP) is 1.11. The van der Waals surface area contributed by atoms with E-state index in [1.54, 1.807) is 21.9 Å². The first-order valence-corrected chi connectivity index (χ1v) is 13.2. The fourth-order valence-corrected chi connectivity index (χ4v) is 6.70. The van der Waals surface area contributed by atoms with Gasteiger partial charge in [0.05, 0.1) is 23.0 Å². The fraction of sp³-hybridized carbons (Fsp3) is 0.550. The van der Waals surface area contributed by atoms with E-state index in [0.717, 1.165) is 11.8 Å². The lowest BCUT2D eigenvalue weighted by Gasteiger charge is -2.36. The van der Waals surface area contributed by atoms with Gasteiger partial charge < -0.3 is 14.7 Å². The second-order valence-electron chi connectivity index (χ2n) is 8.32. The Kier molecular flexibility index (Phi) is 6.62. The van der Waals surface area contributed by atoms with Crippen LogP contribution in [-0.4, -0.2) is 85.1 Å². The molecule has 4 rings (SSSR count). The number of halogens is 1. The Hall–Kier alpha value is -1.95. The lowest BCUT2D eigenvalue weighted by molar-refractivity contribution is -0.145. The molecule has 3 fully saturated rings. The number of thiophene rings is 1. The number of piperidine rings is 1. The van der Waals surface area contributed by atoms with Crippen molar-refractivity contribution in [3.8, 4) is 0 Å². The standard InChI is InChI=1S/C20H25ClN4O5S2/c1-13(26)24-10-15-9-14(24)11-25(15)19(27)12-23-7-2-3-17(20(23)28)22-32(29,30)8-6-16-4-5-18(21)31-16/h4-6,8,14-15,17,22H,2-3,7,9-12H2,1H3/t14-,15-,17-/m0/s1. The molecule has 32 heavy (non-hydrogen) atoms. The van der Waals surface area contributed by atoms with Crippen molar-refractivity contribution < 1.29 is 22.8 Å². The molecule has 3 atom stereocenters. The Balaban J connectivity index is 1.34. The van der Waals surface area contributed by atoms with Gasteiger partial charge in [-0.1, -0.05) is 11.6 Å². The van der Waals surface area contributed by atoms with Crippen molar-refractivity contribution in [2.24, 2.45) is 0 Å². The number of nitrogens with zero attached hydrogens (tertiary/aromatic N) is 3. The summed E-state index contributed by atoms with van der Waals surface area (Å²) in [7, 11) is -3.84. The van der Waals surface area contributed by atoms with E-state index in [1.807, 2.05) is 0 Å². The third-order valence-corrected chi connectivity index (χ3v) is 8.44. The maximum Gasteiger partial charge on any atom is 0.242 e. The molecular formula is C20H25ClN4O5S2. The van der Waals surface area contributed by atoms with Gasteiger partial charge in [0.25, 0.3) is 0 Å². The maximum atomic E-state index is 12.9. The first-order chi connectivity index (χ1) is 15.1. The van der Waals surface area contributed by atoms with E-state index in [4.69, 9.17) is 11.6 Å². The minimum absolute atomic E-state index is 0.0125. The lowest BCUT2D eigenvalue weighted by atomic mass is 10.1. The number of nitrogens with one attached hydrogen (secondary N) is 1. The molecule has 9 nitrogen and oxygen atoms in total. The molecule has 3 saturated heterocycles. The van der Waals surface area contributed by atoms with Crippen LogP contribution in [0.15, 0.2) is 17.5 Å². The minimum atomic E-state index is -3.84. The molecule has 1 aromatic rings. The molecule has 1 N–H and O–H groups in total. The van der Waals surface area contributed by atoms with Crippen molar-refractivity contribution in [3.63, 3.8) is 0 Å². The molecular weight excluding hydrogens is 476 g/mol. The first-order valence-electron chi connectivity index (χ1n) is 10.4. The summed E-state index contributed by atoms with van der Waals surface area (Å²) in [5, 5.41) is 1.02. The van der Waals surface area contributed by atoms with E-state index in [9.17, 15) is 22.8 Å². The highest BCUT2D eigenvalue weighted by Gasteiger charge is 2.46. The zero-order valence-electron chi connectivity index (χ0n) is 17.6. The molecule has 0 radical (unpaired) electrons. The fourth-order valence-electron chi connectivity index (χ4n) is 4.63. The summed E-state index contributed by atoms with van der Waals surface area (Å²) < 4.78 is 27.9. The third-order valence-electron chi connectivity index (χ3n) is 6.13. The SMILES string of the molecule is CC(=O)N1C[C@@H]2C[C@H]1CN2C(=O)CN1CCC[C@H](NS(=O)(=O)C=Cc2ccc(Cl)s2)C1=O. The van der Waals surface area contributed by atoms with Crippen LogP contribution in [0.4, 0.5) is 0 Å². The van der Waals surface area contributed by atoms with E-state index in [2.05, 4.69) is 4.72 Å². The average Bonchev–Trinajstić information content (AvgIpc) is 3.45. The molecule has 3 amide bonds. The van der Waals surface area contributed by atoms with E-state index in [1.165, 1.54) is 29.2 Å². The lowest BCUT2D eigenvalue weighted by Crippen LogP contribution is -2.56. The molecule has 0 spiro atoms. The largest absolute Gasteiger partial charge is 0.336 e. The average molecular weight is 501 g/mol. The number of likely N-dealkylation sites (tertiary alicyclic amines) is 3. The van der Waals surface area contributed by atoms with Crippen LogP contribution in [-0.2, 0) is 24.4 Å². The van der Waals surface area contributed by atoms with Crippen molar-refractivity contribution in [1.82, 2.24) is 19.4 Å². The Bertz CT molecular complexity index is 1060. The van der Waals surface area contributed by atoms with Gasteiger partial charge in [0, 0.05) is 36.8 Å². The van der Waals surface area contributed by atoms with Gasteiger partial charge in [-0.3, -0.25) is 14.4 Å². The summed E-state index contributed by atoms with van der Waals surface area (Å²) >= 11 is 7.10. The molecule has 0 unspecified atom stereocenters. The molecule has 0 saturated carbocycles. The van der Waals surface area contributed by atoms with Crippen LogP contribution in [0.2, 0.25) is 4.34 Å².